The molecule has 2 heterocycles. The topological polar surface area (TPSA) is 106 Å². The minimum atomic E-state index is -0.483. The van der Waals surface area contributed by atoms with E-state index in [1.165, 1.54) is 19.5 Å². The first kappa shape index (κ1) is 18.4. The molecule has 0 fully saturated rings. The van der Waals surface area contributed by atoms with Crippen molar-refractivity contribution in [2.45, 2.75) is 6.92 Å². The maximum atomic E-state index is 12.3. The average Bonchev–Trinajstić information content (AvgIpc) is 3.07. The van der Waals surface area contributed by atoms with Crippen LogP contribution < -0.4 is 10.6 Å². The van der Waals surface area contributed by atoms with Crippen LogP contribution in [-0.4, -0.2) is 29.1 Å². The number of aryl methyl sites for hydroxylation is 1. The molecule has 0 saturated carbocycles. The predicted octanol–water partition coefficient (Wildman–Crippen LogP) is 3.81. The van der Waals surface area contributed by atoms with Crippen molar-refractivity contribution in [3.05, 3.63) is 64.6 Å². The van der Waals surface area contributed by atoms with Crippen LogP contribution in [-0.2, 0) is 4.74 Å². The van der Waals surface area contributed by atoms with E-state index in [1.54, 1.807) is 37.3 Å². The van der Waals surface area contributed by atoms with Crippen molar-refractivity contribution in [1.82, 2.24) is 10.1 Å². The SMILES string of the molecule is COC(=O)c1ccc(Cl)c(Nc2cncc(C(=O)Nc3cc(C)on3)c2)c1. The van der Waals surface area contributed by atoms with E-state index in [0.717, 1.165) is 0 Å². The van der Waals surface area contributed by atoms with E-state index in [0.29, 0.717) is 39.1 Å². The first-order chi connectivity index (χ1) is 13.0. The van der Waals surface area contributed by atoms with E-state index in [1.807, 2.05) is 0 Å². The van der Waals surface area contributed by atoms with E-state index in [-0.39, 0.29) is 0 Å². The average molecular weight is 387 g/mol. The van der Waals surface area contributed by atoms with E-state index in [2.05, 4.69) is 20.8 Å². The predicted molar refractivity (Wildman–Crippen MR) is 99.5 cm³/mol. The molecule has 0 radical (unpaired) electrons. The zero-order valence-corrected chi connectivity index (χ0v) is 15.2. The van der Waals surface area contributed by atoms with Gasteiger partial charge < -0.3 is 19.9 Å². The molecule has 0 atom stereocenters. The lowest BCUT2D eigenvalue weighted by Gasteiger charge is -2.10. The van der Waals surface area contributed by atoms with Gasteiger partial charge in [0.2, 0.25) is 0 Å². The fourth-order valence-electron chi connectivity index (χ4n) is 2.27. The second-order valence-corrected chi connectivity index (χ2v) is 5.96. The van der Waals surface area contributed by atoms with Crippen molar-refractivity contribution in [3.8, 4) is 0 Å². The maximum Gasteiger partial charge on any atom is 0.337 e. The normalized spacial score (nSPS) is 10.3. The van der Waals surface area contributed by atoms with Gasteiger partial charge in [-0.2, -0.15) is 0 Å². The van der Waals surface area contributed by atoms with E-state index in [9.17, 15) is 9.59 Å². The molecule has 3 aromatic rings. The van der Waals surface area contributed by atoms with Crippen molar-refractivity contribution < 1.29 is 18.8 Å². The smallest absolute Gasteiger partial charge is 0.337 e. The number of carbonyl (C=O) groups is 2. The molecule has 8 nitrogen and oxygen atoms in total. The molecule has 2 aromatic heterocycles. The largest absolute Gasteiger partial charge is 0.465 e. The third-order valence-electron chi connectivity index (χ3n) is 3.54. The Morgan fingerprint density at radius 2 is 1.96 bits per heavy atom. The maximum absolute atomic E-state index is 12.3. The van der Waals surface area contributed by atoms with Crippen LogP contribution in [0.2, 0.25) is 5.02 Å². The van der Waals surface area contributed by atoms with Gasteiger partial charge in [0, 0.05) is 12.3 Å². The summed E-state index contributed by atoms with van der Waals surface area (Å²) in [7, 11) is 1.30. The molecule has 0 aliphatic carbocycles. The fraction of sp³-hybridized carbons (Fsp3) is 0.111. The third-order valence-corrected chi connectivity index (χ3v) is 3.87. The van der Waals surface area contributed by atoms with Gasteiger partial charge >= 0.3 is 5.97 Å². The number of nitrogens with zero attached hydrogens (tertiary/aromatic N) is 2. The highest BCUT2D eigenvalue weighted by atomic mass is 35.5. The van der Waals surface area contributed by atoms with Gasteiger partial charge in [-0.1, -0.05) is 16.8 Å². The fourth-order valence-corrected chi connectivity index (χ4v) is 2.43. The Balaban J connectivity index is 1.80. The second-order valence-electron chi connectivity index (χ2n) is 5.55. The van der Waals surface area contributed by atoms with Crippen LogP contribution in [0.25, 0.3) is 0 Å². The summed E-state index contributed by atoms with van der Waals surface area (Å²) in [5.74, 6) is 0.0152. The molecule has 0 aliphatic heterocycles. The lowest BCUT2D eigenvalue weighted by Crippen LogP contribution is -2.12. The zero-order chi connectivity index (χ0) is 19.4. The molecule has 1 aromatic carbocycles. The van der Waals surface area contributed by atoms with Crippen LogP contribution >= 0.6 is 11.6 Å². The third kappa shape index (κ3) is 4.42. The molecule has 0 saturated heterocycles. The molecular weight excluding hydrogens is 372 g/mol. The van der Waals surface area contributed by atoms with Crippen molar-refractivity contribution in [2.24, 2.45) is 0 Å². The number of hydrogen-bond donors (Lipinski definition) is 2. The number of carbonyl (C=O) groups excluding carboxylic acids is 2. The summed E-state index contributed by atoms with van der Waals surface area (Å²) in [6, 6.07) is 7.88. The summed E-state index contributed by atoms with van der Waals surface area (Å²) in [6.45, 7) is 1.72. The molecule has 1 amide bonds. The Morgan fingerprint density at radius 1 is 1.15 bits per heavy atom. The summed E-state index contributed by atoms with van der Waals surface area (Å²) in [5.41, 5.74) is 1.64. The van der Waals surface area contributed by atoms with Gasteiger partial charge in [-0.15, -0.1) is 0 Å². The monoisotopic (exact) mass is 386 g/mol. The number of aromatic nitrogens is 2. The number of ether oxygens (including phenoxy) is 1. The highest BCUT2D eigenvalue weighted by Crippen LogP contribution is 2.27. The van der Waals surface area contributed by atoms with Crippen molar-refractivity contribution in [1.29, 1.82) is 0 Å². The van der Waals surface area contributed by atoms with Crippen LogP contribution in [0, 0.1) is 6.92 Å². The summed E-state index contributed by atoms with van der Waals surface area (Å²) in [5, 5.41) is 9.76. The van der Waals surface area contributed by atoms with Crippen molar-refractivity contribution in [3.63, 3.8) is 0 Å². The van der Waals surface area contributed by atoms with Gasteiger partial charge in [0.1, 0.15) is 5.76 Å². The molecule has 138 valence electrons. The summed E-state index contributed by atoms with van der Waals surface area (Å²) in [4.78, 5) is 28.1. The van der Waals surface area contributed by atoms with E-state index in [4.69, 9.17) is 20.9 Å². The van der Waals surface area contributed by atoms with Gasteiger partial charge in [0.25, 0.3) is 5.91 Å². The number of benzene rings is 1. The van der Waals surface area contributed by atoms with Gasteiger partial charge in [-0.3, -0.25) is 9.78 Å². The molecular formula is C18H15ClN4O4. The van der Waals surface area contributed by atoms with Gasteiger partial charge in [-0.25, -0.2) is 4.79 Å². The second kappa shape index (κ2) is 7.88. The summed E-state index contributed by atoms with van der Waals surface area (Å²) >= 11 is 6.17. The highest BCUT2D eigenvalue weighted by Gasteiger charge is 2.12. The van der Waals surface area contributed by atoms with Crippen LogP contribution in [0.5, 0.6) is 0 Å². The Bertz CT molecular complexity index is 1000. The Morgan fingerprint density at radius 3 is 2.67 bits per heavy atom. The number of methoxy groups -OCH3 is 1. The van der Waals surface area contributed by atoms with Crippen molar-refractivity contribution in [2.75, 3.05) is 17.7 Å². The zero-order valence-electron chi connectivity index (χ0n) is 14.4. The standard InChI is InChI=1S/C18H15ClN4O4/c1-10-5-16(23-27-10)22-17(24)12-6-13(9-20-8-12)21-15-7-11(18(25)26-2)3-4-14(15)19/h3-9,21H,1-2H3,(H,22,23,24). The lowest BCUT2D eigenvalue weighted by atomic mass is 10.2. The molecule has 9 heteroatoms. The van der Waals surface area contributed by atoms with Crippen LogP contribution in [0.1, 0.15) is 26.5 Å². The number of anilines is 3. The molecule has 0 aliphatic rings. The van der Waals surface area contributed by atoms with E-state index >= 15 is 0 Å². The Hall–Kier alpha value is -3.39. The summed E-state index contributed by atoms with van der Waals surface area (Å²) in [6.07, 6.45) is 2.94. The van der Waals surface area contributed by atoms with Gasteiger partial charge in [0.15, 0.2) is 5.82 Å². The quantitative estimate of drug-likeness (QED) is 0.642. The molecule has 3 rings (SSSR count). The van der Waals surface area contributed by atoms with E-state index < -0.39 is 11.9 Å². The molecule has 2 N–H and O–H groups in total. The number of pyridine rings is 1. The number of esters is 1. The van der Waals surface area contributed by atoms with Gasteiger partial charge in [-0.05, 0) is 31.2 Å². The highest BCUT2D eigenvalue weighted by molar-refractivity contribution is 6.33. The number of amides is 1. The number of hydrogen-bond acceptors (Lipinski definition) is 7. The van der Waals surface area contributed by atoms with Crippen molar-refractivity contribution >= 4 is 40.7 Å². The first-order valence-corrected chi connectivity index (χ1v) is 8.18. The Labute approximate surface area is 159 Å². The first-order valence-electron chi connectivity index (χ1n) is 7.81. The lowest BCUT2D eigenvalue weighted by molar-refractivity contribution is 0.0600. The molecule has 0 bridgehead atoms. The van der Waals surface area contributed by atoms with Crippen LogP contribution in [0.3, 0.4) is 0 Å². The molecule has 27 heavy (non-hydrogen) atoms. The minimum absolute atomic E-state index is 0.306. The number of rotatable bonds is 5. The Kier molecular flexibility index (Phi) is 5.37. The number of nitrogens with one attached hydrogen (secondary N) is 2. The molecule has 0 unspecified atom stereocenters. The van der Waals surface area contributed by atoms with Crippen LogP contribution in [0.15, 0.2) is 47.2 Å². The number of halogens is 1. The van der Waals surface area contributed by atoms with Gasteiger partial charge in [0.05, 0.1) is 40.8 Å². The van der Waals surface area contributed by atoms with Crippen LogP contribution in [0.4, 0.5) is 17.2 Å². The molecule has 0 spiro atoms. The minimum Gasteiger partial charge on any atom is -0.465 e. The summed E-state index contributed by atoms with van der Waals surface area (Å²) < 4.78 is 9.61.